The van der Waals surface area contributed by atoms with Crippen molar-refractivity contribution in [2.24, 2.45) is 0 Å². The van der Waals surface area contributed by atoms with E-state index in [1.807, 2.05) is 26.0 Å². The van der Waals surface area contributed by atoms with Gasteiger partial charge in [0.2, 0.25) is 11.8 Å². The van der Waals surface area contributed by atoms with Gasteiger partial charge in [0.05, 0.1) is 12.5 Å². The highest BCUT2D eigenvalue weighted by Crippen LogP contribution is 2.35. The molecule has 0 aliphatic heterocycles. The van der Waals surface area contributed by atoms with Crippen LogP contribution in [-0.4, -0.2) is 17.3 Å². The Morgan fingerprint density at radius 3 is 2.43 bits per heavy atom. The maximum Gasteiger partial charge on any atom is 0.247 e. The predicted octanol–water partition coefficient (Wildman–Crippen LogP) is 4.15. The Morgan fingerprint density at radius 1 is 1.05 bits per heavy atom. The normalized spacial score (nSPS) is 11.0. The summed E-state index contributed by atoms with van der Waals surface area (Å²) in [6, 6.07) is 3.70. The number of nitrogens with zero attached hydrogens (tertiary/aromatic N) is 2. The third kappa shape index (κ3) is 2.21. The van der Waals surface area contributed by atoms with E-state index in [-0.39, 0.29) is 0 Å². The maximum absolute atomic E-state index is 5.73. The van der Waals surface area contributed by atoms with E-state index in [4.69, 9.17) is 25.8 Å². The second-order valence-corrected chi connectivity index (χ2v) is 5.19. The first kappa shape index (κ1) is 13.8. The Balaban J connectivity index is 2.37. The van der Waals surface area contributed by atoms with Gasteiger partial charge >= 0.3 is 0 Å². The number of hydrogen-bond donors (Lipinski definition) is 0. The van der Waals surface area contributed by atoms with Gasteiger partial charge in [-0.1, -0.05) is 0 Å². The average Bonchev–Trinajstić information content (AvgIpc) is 2.90. The van der Waals surface area contributed by atoms with Gasteiger partial charge < -0.3 is 13.6 Å². The number of methoxy groups -OCH3 is 1. The first-order valence-corrected chi connectivity index (χ1v) is 6.84. The first-order chi connectivity index (χ1) is 10.0. The largest absolute Gasteiger partial charge is 0.496 e. The summed E-state index contributed by atoms with van der Waals surface area (Å²) in [5.41, 5.74) is 3.37. The second kappa shape index (κ2) is 4.96. The summed E-state index contributed by atoms with van der Waals surface area (Å²) in [6.07, 6.45) is 0. The Bertz CT molecular complexity index is 896. The van der Waals surface area contributed by atoms with Crippen LogP contribution in [-0.2, 0) is 0 Å². The summed E-state index contributed by atoms with van der Waals surface area (Å²) in [5, 5.41) is 8.77. The van der Waals surface area contributed by atoms with E-state index < -0.39 is 0 Å². The molecular weight excluding hydrogens is 288 g/mol. The quantitative estimate of drug-likeness (QED) is 0.663. The molecule has 0 saturated heterocycles. The van der Waals surface area contributed by atoms with Crippen LogP contribution < -0.4 is 4.74 Å². The molecule has 0 bridgehead atoms. The van der Waals surface area contributed by atoms with Gasteiger partial charge in [0.25, 0.3) is 0 Å². The smallest absolute Gasteiger partial charge is 0.247 e. The van der Waals surface area contributed by atoms with Crippen molar-refractivity contribution in [1.29, 1.82) is 0 Å². The average molecular weight is 302 g/mol. The molecule has 3 aromatic rings. The lowest BCUT2D eigenvalue weighted by molar-refractivity contribution is 0.418. The van der Waals surface area contributed by atoms with E-state index in [9.17, 15) is 0 Å². The highest BCUT2D eigenvalue weighted by Gasteiger charge is 2.15. The molecule has 0 N–H and O–H groups in total. The Labute approximate surface area is 126 Å². The molecular formula is C15H14N2O3S. The Morgan fingerprint density at radius 2 is 1.81 bits per heavy atom. The predicted molar refractivity (Wildman–Crippen MR) is 81.1 cm³/mol. The minimum Gasteiger partial charge on any atom is -0.496 e. The van der Waals surface area contributed by atoms with Crippen LogP contribution in [0.2, 0.25) is 0 Å². The molecule has 3 rings (SSSR count). The summed E-state index contributed by atoms with van der Waals surface area (Å²) >= 11 is 5.25. The molecule has 0 radical (unpaired) electrons. The lowest BCUT2D eigenvalue weighted by Crippen LogP contribution is -1.92. The number of rotatable bonds is 2. The zero-order valence-electron chi connectivity index (χ0n) is 12.2. The van der Waals surface area contributed by atoms with Gasteiger partial charge in [0.15, 0.2) is 4.71 Å². The van der Waals surface area contributed by atoms with Crippen molar-refractivity contribution in [2.75, 3.05) is 7.11 Å². The molecule has 2 heterocycles. The molecule has 0 aliphatic rings. The monoisotopic (exact) mass is 302 g/mol. The third-order valence-corrected chi connectivity index (χ3v) is 3.89. The lowest BCUT2D eigenvalue weighted by Gasteiger charge is -2.11. The number of fused-ring (bicyclic) bond motifs is 1. The molecule has 108 valence electrons. The maximum atomic E-state index is 5.73. The molecule has 0 spiro atoms. The minimum absolute atomic E-state index is 0.423. The third-order valence-electron chi connectivity index (χ3n) is 3.51. The van der Waals surface area contributed by atoms with E-state index >= 15 is 0 Å². The van der Waals surface area contributed by atoms with Crippen molar-refractivity contribution in [3.05, 3.63) is 33.9 Å². The van der Waals surface area contributed by atoms with Crippen LogP contribution in [0, 0.1) is 25.5 Å². The van der Waals surface area contributed by atoms with Crippen LogP contribution in [0.3, 0.4) is 0 Å². The fourth-order valence-corrected chi connectivity index (χ4v) is 2.50. The van der Waals surface area contributed by atoms with E-state index in [0.29, 0.717) is 27.8 Å². The van der Waals surface area contributed by atoms with Crippen LogP contribution in [0.15, 0.2) is 21.0 Å². The van der Waals surface area contributed by atoms with Crippen LogP contribution in [0.4, 0.5) is 0 Å². The van der Waals surface area contributed by atoms with Crippen molar-refractivity contribution >= 4 is 23.2 Å². The molecule has 0 unspecified atom stereocenters. The SMILES string of the molecule is COc1cc(-c2nnc(C)o2)cc2oc(=S)c(C)c(C)c12. The van der Waals surface area contributed by atoms with E-state index in [2.05, 4.69) is 10.2 Å². The Kier molecular flexibility index (Phi) is 3.25. The number of benzene rings is 1. The van der Waals surface area contributed by atoms with Gasteiger partial charge in [-0.2, -0.15) is 0 Å². The summed E-state index contributed by atoms with van der Waals surface area (Å²) in [7, 11) is 1.62. The summed E-state index contributed by atoms with van der Waals surface area (Å²) in [6.45, 7) is 5.69. The molecule has 0 aliphatic carbocycles. The van der Waals surface area contributed by atoms with Crippen LogP contribution >= 0.6 is 12.2 Å². The Hall–Kier alpha value is -2.21. The summed E-state index contributed by atoms with van der Waals surface area (Å²) in [5.74, 6) is 1.62. The van der Waals surface area contributed by atoms with E-state index in [1.54, 1.807) is 14.0 Å². The van der Waals surface area contributed by atoms with E-state index in [0.717, 1.165) is 22.1 Å². The molecule has 6 heteroatoms. The highest BCUT2D eigenvalue weighted by atomic mass is 32.1. The summed E-state index contributed by atoms with van der Waals surface area (Å²) < 4.78 is 17.1. The van der Waals surface area contributed by atoms with Gasteiger partial charge in [-0.3, -0.25) is 0 Å². The van der Waals surface area contributed by atoms with Crippen molar-refractivity contribution in [3.63, 3.8) is 0 Å². The van der Waals surface area contributed by atoms with Crippen molar-refractivity contribution in [1.82, 2.24) is 10.2 Å². The summed E-state index contributed by atoms with van der Waals surface area (Å²) in [4.78, 5) is 0. The van der Waals surface area contributed by atoms with Crippen LogP contribution in [0.5, 0.6) is 5.75 Å². The van der Waals surface area contributed by atoms with Gasteiger partial charge in [-0.15, -0.1) is 10.2 Å². The molecule has 0 atom stereocenters. The van der Waals surface area contributed by atoms with Gasteiger partial charge in [0, 0.05) is 18.1 Å². The van der Waals surface area contributed by atoms with Crippen LogP contribution in [0.1, 0.15) is 17.0 Å². The highest BCUT2D eigenvalue weighted by molar-refractivity contribution is 7.71. The fraction of sp³-hybridized carbons (Fsp3) is 0.267. The number of aryl methyl sites for hydroxylation is 2. The fourth-order valence-electron chi connectivity index (χ4n) is 2.25. The van der Waals surface area contributed by atoms with Gasteiger partial charge in [-0.25, -0.2) is 0 Å². The molecule has 21 heavy (non-hydrogen) atoms. The van der Waals surface area contributed by atoms with Crippen LogP contribution in [0.25, 0.3) is 22.4 Å². The number of hydrogen-bond acceptors (Lipinski definition) is 6. The number of aromatic nitrogens is 2. The van der Waals surface area contributed by atoms with Crippen molar-refractivity contribution in [2.45, 2.75) is 20.8 Å². The molecule has 0 saturated carbocycles. The topological polar surface area (TPSA) is 61.3 Å². The lowest BCUT2D eigenvalue weighted by atomic mass is 10.0. The minimum atomic E-state index is 0.423. The van der Waals surface area contributed by atoms with Gasteiger partial charge in [-0.05, 0) is 43.8 Å². The second-order valence-electron chi connectivity index (χ2n) is 4.82. The van der Waals surface area contributed by atoms with Gasteiger partial charge in [0.1, 0.15) is 11.3 Å². The zero-order valence-corrected chi connectivity index (χ0v) is 13.0. The standard InChI is InChI=1S/C15H14N2O3S/c1-7-8(2)15(21)20-12-6-10(5-11(18-4)13(7)12)14-17-16-9(3)19-14/h5-6H,1-4H3. The molecule has 2 aromatic heterocycles. The molecule has 5 nitrogen and oxygen atoms in total. The van der Waals surface area contributed by atoms with Crippen molar-refractivity contribution in [3.8, 4) is 17.2 Å². The zero-order chi connectivity index (χ0) is 15.1. The first-order valence-electron chi connectivity index (χ1n) is 6.43. The molecule has 0 fully saturated rings. The molecule has 0 amide bonds. The molecule has 1 aromatic carbocycles. The number of ether oxygens (including phenoxy) is 1. The van der Waals surface area contributed by atoms with Crippen molar-refractivity contribution < 1.29 is 13.6 Å². The van der Waals surface area contributed by atoms with E-state index in [1.165, 1.54) is 0 Å².